The summed E-state index contributed by atoms with van der Waals surface area (Å²) >= 11 is 0. The van der Waals surface area contributed by atoms with Crippen LogP contribution >= 0.6 is 0 Å². The van der Waals surface area contributed by atoms with Crippen LogP contribution in [0.4, 0.5) is 27.5 Å². The number of benzene rings is 2. The number of ether oxygens (including phenoxy) is 1. The Morgan fingerprint density at radius 1 is 1.17 bits per heavy atom. The predicted octanol–water partition coefficient (Wildman–Crippen LogP) is 4.50. The molecule has 0 bridgehead atoms. The predicted molar refractivity (Wildman–Crippen MR) is 138 cm³/mol. The molecule has 10 heteroatoms. The molecule has 9 nitrogen and oxygen atoms in total. The molecule has 1 atom stereocenters. The number of carbonyl (C=O) groups is 1. The summed E-state index contributed by atoms with van der Waals surface area (Å²) in [6.45, 7) is 2.15. The van der Waals surface area contributed by atoms with Gasteiger partial charge in [0.15, 0.2) is 0 Å². The van der Waals surface area contributed by atoms with Crippen LogP contribution in [0.1, 0.15) is 34.7 Å². The summed E-state index contributed by atoms with van der Waals surface area (Å²) in [5.74, 6) is 0.603. The lowest BCUT2D eigenvalue weighted by molar-refractivity contribution is 0.100. The molecular weight excluding hydrogens is 461 g/mol. The Labute approximate surface area is 207 Å². The number of likely N-dealkylation sites (N-methyl/N-ethyl adjacent to an activating group) is 1. The van der Waals surface area contributed by atoms with Gasteiger partial charge in [0.25, 0.3) is 5.91 Å². The van der Waals surface area contributed by atoms with Gasteiger partial charge in [-0.3, -0.25) is 4.79 Å². The molecule has 5 N–H and O–H groups in total. The van der Waals surface area contributed by atoms with E-state index in [4.69, 9.17) is 10.5 Å². The van der Waals surface area contributed by atoms with E-state index in [9.17, 15) is 9.18 Å². The zero-order valence-corrected chi connectivity index (χ0v) is 20.1. The zero-order chi connectivity index (χ0) is 25.2. The molecule has 3 heterocycles. The highest BCUT2D eigenvalue weighted by molar-refractivity contribution is 6.00. The minimum absolute atomic E-state index is 0.0254. The number of likely N-dealkylation sites (tertiary alicyclic amines) is 1. The molecule has 1 amide bonds. The van der Waals surface area contributed by atoms with Gasteiger partial charge in [-0.1, -0.05) is 6.07 Å². The van der Waals surface area contributed by atoms with E-state index in [1.807, 2.05) is 12.1 Å². The number of halogens is 1. The smallest absolute Gasteiger partial charge is 0.250 e. The Balaban J connectivity index is 1.46. The van der Waals surface area contributed by atoms with Gasteiger partial charge >= 0.3 is 0 Å². The maximum atomic E-state index is 13.7. The summed E-state index contributed by atoms with van der Waals surface area (Å²) < 4.78 is 19.4. The lowest BCUT2D eigenvalue weighted by atomic mass is 9.90. The fraction of sp³-hybridized carbons (Fsp3) is 0.269. The van der Waals surface area contributed by atoms with Gasteiger partial charge in [0.05, 0.1) is 29.4 Å². The first kappa shape index (κ1) is 23.6. The first-order valence-corrected chi connectivity index (χ1v) is 11.8. The van der Waals surface area contributed by atoms with E-state index in [-0.39, 0.29) is 5.56 Å². The molecule has 5 rings (SSSR count). The van der Waals surface area contributed by atoms with Crippen molar-refractivity contribution < 1.29 is 13.9 Å². The molecule has 1 unspecified atom stereocenters. The van der Waals surface area contributed by atoms with Crippen molar-refractivity contribution in [1.29, 1.82) is 0 Å². The van der Waals surface area contributed by atoms with Gasteiger partial charge in [-0.25, -0.2) is 4.39 Å². The number of hydrogen-bond acceptors (Lipinski definition) is 7. The maximum absolute atomic E-state index is 13.7. The third-order valence-corrected chi connectivity index (χ3v) is 6.48. The topological polar surface area (TPSA) is 121 Å². The lowest BCUT2D eigenvalue weighted by Gasteiger charge is -2.30. The SMILES string of the molecule is COc1cc(C2CCCN(C)C2)ccc1Nc1nc(Nc2ccc(F)cc2C(N)=O)c2cc[nH]c2n1. The zero-order valence-electron chi connectivity index (χ0n) is 20.1. The van der Waals surface area contributed by atoms with Gasteiger partial charge in [0.1, 0.15) is 23.0 Å². The average Bonchev–Trinajstić information content (AvgIpc) is 3.34. The second-order valence-corrected chi connectivity index (χ2v) is 9.00. The molecule has 4 aromatic rings. The van der Waals surface area contributed by atoms with Gasteiger partial charge in [-0.2, -0.15) is 9.97 Å². The van der Waals surface area contributed by atoms with Gasteiger partial charge in [-0.05, 0) is 74.3 Å². The van der Waals surface area contributed by atoms with E-state index in [2.05, 4.69) is 49.7 Å². The Morgan fingerprint density at radius 2 is 2.00 bits per heavy atom. The highest BCUT2D eigenvalue weighted by atomic mass is 19.1. The largest absolute Gasteiger partial charge is 0.495 e. The van der Waals surface area contributed by atoms with E-state index in [1.165, 1.54) is 24.1 Å². The van der Waals surface area contributed by atoms with Crippen LogP contribution in [0.2, 0.25) is 0 Å². The number of amides is 1. The number of methoxy groups -OCH3 is 1. The Bertz CT molecular complexity index is 1420. The molecule has 36 heavy (non-hydrogen) atoms. The molecule has 1 aliphatic rings. The Kier molecular flexibility index (Phi) is 6.43. The fourth-order valence-electron chi connectivity index (χ4n) is 4.67. The quantitative estimate of drug-likeness (QED) is 0.302. The highest BCUT2D eigenvalue weighted by Gasteiger charge is 2.21. The first-order valence-electron chi connectivity index (χ1n) is 11.8. The number of carbonyl (C=O) groups excluding carboxylic acids is 1. The average molecular weight is 490 g/mol. The van der Waals surface area contributed by atoms with Crippen molar-refractivity contribution in [2.75, 3.05) is 37.9 Å². The standard InChI is InChI=1S/C26H28FN7O2/c1-34-11-3-4-16(14-34)15-5-7-21(22(12-15)36-2)31-26-32-24-18(9-10-29-24)25(33-26)30-20-8-6-17(27)13-19(20)23(28)35/h5-10,12-13,16H,3-4,11,14H2,1-2H3,(H2,28,35)(H3,29,30,31,32,33). The van der Waals surface area contributed by atoms with Crippen LogP contribution in [0.15, 0.2) is 48.7 Å². The summed E-state index contributed by atoms with van der Waals surface area (Å²) in [7, 11) is 3.79. The number of nitrogens with two attached hydrogens (primary N) is 1. The monoisotopic (exact) mass is 489 g/mol. The molecule has 1 saturated heterocycles. The van der Waals surface area contributed by atoms with E-state index in [1.54, 1.807) is 13.3 Å². The van der Waals surface area contributed by atoms with Crippen LogP contribution in [0, 0.1) is 5.82 Å². The molecule has 1 aliphatic heterocycles. The van der Waals surface area contributed by atoms with Crippen LogP contribution in [-0.2, 0) is 0 Å². The number of fused-ring (bicyclic) bond motifs is 1. The van der Waals surface area contributed by atoms with Crippen LogP contribution in [0.25, 0.3) is 11.0 Å². The number of H-pyrrole nitrogens is 1. The Hall–Kier alpha value is -4.18. The summed E-state index contributed by atoms with van der Waals surface area (Å²) in [5.41, 5.74) is 8.37. The summed E-state index contributed by atoms with van der Waals surface area (Å²) in [6, 6.07) is 11.8. The van der Waals surface area contributed by atoms with E-state index < -0.39 is 11.7 Å². The first-order chi connectivity index (χ1) is 17.4. The molecule has 2 aromatic heterocycles. The Morgan fingerprint density at radius 3 is 2.78 bits per heavy atom. The number of primary amides is 1. The van der Waals surface area contributed by atoms with Crippen LogP contribution < -0.4 is 21.1 Å². The summed E-state index contributed by atoms with van der Waals surface area (Å²) in [6.07, 6.45) is 4.07. The number of piperidine rings is 1. The van der Waals surface area contributed by atoms with Crippen LogP contribution in [0.5, 0.6) is 5.75 Å². The van der Waals surface area contributed by atoms with Crippen LogP contribution in [0.3, 0.4) is 0 Å². The van der Waals surface area contributed by atoms with Crippen molar-refractivity contribution in [3.63, 3.8) is 0 Å². The molecule has 0 radical (unpaired) electrons. The number of anilines is 4. The van der Waals surface area contributed by atoms with Crippen molar-refractivity contribution >= 4 is 40.1 Å². The van der Waals surface area contributed by atoms with Crippen molar-refractivity contribution in [2.24, 2.45) is 5.73 Å². The molecule has 0 aliphatic carbocycles. The molecular formula is C26H28FN7O2. The molecule has 0 spiro atoms. The molecule has 0 saturated carbocycles. The molecule has 186 valence electrons. The van der Waals surface area contributed by atoms with E-state index >= 15 is 0 Å². The number of hydrogen-bond donors (Lipinski definition) is 4. The number of aromatic nitrogens is 3. The van der Waals surface area contributed by atoms with Crippen molar-refractivity contribution in [2.45, 2.75) is 18.8 Å². The van der Waals surface area contributed by atoms with E-state index in [0.717, 1.165) is 31.3 Å². The number of aromatic amines is 1. The van der Waals surface area contributed by atoms with Crippen molar-refractivity contribution in [1.82, 2.24) is 19.9 Å². The van der Waals surface area contributed by atoms with Crippen molar-refractivity contribution in [3.05, 3.63) is 65.6 Å². The third kappa shape index (κ3) is 4.80. The third-order valence-electron chi connectivity index (χ3n) is 6.48. The second-order valence-electron chi connectivity index (χ2n) is 9.00. The van der Waals surface area contributed by atoms with Gasteiger partial charge in [0, 0.05) is 12.7 Å². The normalized spacial score (nSPS) is 16.1. The van der Waals surface area contributed by atoms with E-state index in [0.29, 0.717) is 40.2 Å². The summed E-state index contributed by atoms with van der Waals surface area (Å²) in [4.78, 5) is 26.5. The van der Waals surface area contributed by atoms with Gasteiger partial charge in [-0.15, -0.1) is 0 Å². The molecule has 1 fully saturated rings. The molecule has 2 aromatic carbocycles. The highest BCUT2D eigenvalue weighted by Crippen LogP contribution is 2.35. The van der Waals surface area contributed by atoms with Crippen molar-refractivity contribution in [3.8, 4) is 5.75 Å². The number of nitrogens with one attached hydrogen (secondary N) is 3. The number of rotatable bonds is 7. The lowest BCUT2D eigenvalue weighted by Crippen LogP contribution is -2.30. The van der Waals surface area contributed by atoms with Gasteiger partial charge < -0.3 is 31.0 Å². The minimum Gasteiger partial charge on any atom is -0.495 e. The maximum Gasteiger partial charge on any atom is 0.250 e. The van der Waals surface area contributed by atoms with Gasteiger partial charge in [0.2, 0.25) is 5.95 Å². The second kappa shape index (κ2) is 9.82. The fourth-order valence-corrected chi connectivity index (χ4v) is 4.67. The minimum atomic E-state index is -0.747. The summed E-state index contributed by atoms with van der Waals surface area (Å²) in [5, 5.41) is 7.05. The number of nitrogens with zero attached hydrogens (tertiary/aromatic N) is 3. The van der Waals surface area contributed by atoms with Crippen LogP contribution in [-0.4, -0.2) is 53.0 Å².